The third-order valence-corrected chi connectivity index (χ3v) is 3.74. The Bertz CT molecular complexity index is 423. The Hall–Kier alpha value is -0.930. The zero-order valence-corrected chi connectivity index (χ0v) is 14.2. The molecule has 0 fully saturated rings. The number of hydrogen-bond donors (Lipinski definition) is 1. The summed E-state index contributed by atoms with van der Waals surface area (Å²) in [5, 5.41) is 0.742. The molecule has 0 aliphatic carbocycles. The predicted molar refractivity (Wildman–Crippen MR) is 89.6 cm³/mol. The summed E-state index contributed by atoms with van der Waals surface area (Å²) in [5.74, 6) is 1.49. The van der Waals surface area contributed by atoms with Gasteiger partial charge in [0.15, 0.2) is 11.5 Å². The van der Waals surface area contributed by atoms with Crippen LogP contribution in [0.3, 0.4) is 0 Å². The van der Waals surface area contributed by atoms with Gasteiger partial charge in [0, 0.05) is 17.1 Å². The van der Waals surface area contributed by atoms with Crippen molar-refractivity contribution >= 4 is 11.6 Å². The van der Waals surface area contributed by atoms with E-state index in [1.807, 2.05) is 26.0 Å². The lowest BCUT2D eigenvalue weighted by Crippen LogP contribution is -2.19. The van der Waals surface area contributed by atoms with Crippen molar-refractivity contribution in [2.75, 3.05) is 13.2 Å². The zero-order chi connectivity index (χ0) is 15.7. The lowest BCUT2D eigenvalue weighted by atomic mass is 10.0. The van der Waals surface area contributed by atoms with Crippen molar-refractivity contribution < 1.29 is 9.47 Å². The van der Waals surface area contributed by atoms with Crippen molar-refractivity contribution in [1.29, 1.82) is 0 Å². The van der Waals surface area contributed by atoms with E-state index in [2.05, 4.69) is 6.92 Å². The van der Waals surface area contributed by atoms with Crippen molar-refractivity contribution in [2.24, 2.45) is 5.73 Å². The fourth-order valence-corrected chi connectivity index (χ4v) is 2.62. The van der Waals surface area contributed by atoms with Crippen LogP contribution in [0.15, 0.2) is 12.1 Å². The van der Waals surface area contributed by atoms with E-state index in [1.54, 1.807) is 0 Å². The lowest BCUT2D eigenvalue weighted by Gasteiger charge is -2.15. The number of benzene rings is 1. The zero-order valence-electron chi connectivity index (χ0n) is 13.5. The third-order valence-electron chi connectivity index (χ3n) is 3.39. The molecule has 0 aromatic heterocycles. The summed E-state index contributed by atoms with van der Waals surface area (Å²) in [6, 6.07) is 4.15. The van der Waals surface area contributed by atoms with E-state index in [1.165, 1.54) is 0 Å². The molecule has 1 aromatic carbocycles. The van der Waals surface area contributed by atoms with Gasteiger partial charge in [0.2, 0.25) is 0 Å². The van der Waals surface area contributed by atoms with Gasteiger partial charge in [-0.1, -0.05) is 24.9 Å². The van der Waals surface area contributed by atoms with Gasteiger partial charge in [0.05, 0.1) is 13.2 Å². The monoisotopic (exact) mass is 313 g/mol. The molecule has 2 N–H and O–H groups in total. The highest BCUT2D eigenvalue weighted by atomic mass is 35.5. The Morgan fingerprint density at radius 1 is 1.05 bits per heavy atom. The van der Waals surface area contributed by atoms with Gasteiger partial charge in [-0.2, -0.15) is 0 Å². The Morgan fingerprint density at radius 3 is 2.24 bits per heavy atom. The van der Waals surface area contributed by atoms with Gasteiger partial charge >= 0.3 is 0 Å². The van der Waals surface area contributed by atoms with Gasteiger partial charge in [0.25, 0.3) is 0 Å². The van der Waals surface area contributed by atoms with Crippen LogP contribution in [0.5, 0.6) is 11.5 Å². The van der Waals surface area contributed by atoms with Crippen molar-refractivity contribution in [1.82, 2.24) is 0 Å². The Kier molecular flexibility index (Phi) is 8.55. The van der Waals surface area contributed by atoms with Crippen LogP contribution in [-0.4, -0.2) is 19.3 Å². The molecule has 0 saturated carbocycles. The molecule has 0 spiro atoms. The number of hydrogen-bond acceptors (Lipinski definition) is 3. The first-order chi connectivity index (χ1) is 10.1. The highest BCUT2D eigenvalue weighted by molar-refractivity contribution is 6.31. The van der Waals surface area contributed by atoms with Crippen LogP contribution in [0, 0.1) is 0 Å². The standard InChI is InChI=1S/C17H28ClNO2/c1-4-8-14(19)10-7-9-13-11-16(20-5-2)17(21-6-3)12-15(13)18/h11-12,14H,4-10,19H2,1-3H3. The largest absolute Gasteiger partial charge is 0.490 e. The summed E-state index contributed by atoms with van der Waals surface area (Å²) in [7, 11) is 0. The summed E-state index contributed by atoms with van der Waals surface area (Å²) in [4.78, 5) is 0. The van der Waals surface area contributed by atoms with Gasteiger partial charge in [-0.15, -0.1) is 0 Å². The van der Waals surface area contributed by atoms with E-state index in [0.717, 1.165) is 54.2 Å². The highest BCUT2D eigenvalue weighted by Crippen LogP contribution is 2.34. The molecule has 1 aromatic rings. The summed E-state index contributed by atoms with van der Waals surface area (Å²) in [6.07, 6.45) is 5.21. The Morgan fingerprint density at radius 2 is 1.67 bits per heavy atom. The second kappa shape index (κ2) is 9.91. The summed E-state index contributed by atoms with van der Waals surface area (Å²) in [6.45, 7) is 7.29. The molecule has 0 aliphatic heterocycles. The fourth-order valence-electron chi connectivity index (χ4n) is 2.38. The maximum Gasteiger partial charge on any atom is 0.162 e. The van der Waals surface area contributed by atoms with Crippen LogP contribution in [0.4, 0.5) is 0 Å². The van der Waals surface area contributed by atoms with Gasteiger partial charge < -0.3 is 15.2 Å². The normalized spacial score (nSPS) is 12.2. The van der Waals surface area contributed by atoms with Gasteiger partial charge in [-0.05, 0) is 51.2 Å². The van der Waals surface area contributed by atoms with E-state index in [9.17, 15) is 0 Å². The van der Waals surface area contributed by atoms with Crippen LogP contribution < -0.4 is 15.2 Å². The van der Waals surface area contributed by atoms with Crippen molar-refractivity contribution in [3.8, 4) is 11.5 Å². The summed E-state index contributed by atoms with van der Waals surface area (Å²) < 4.78 is 11.2. The van der Waals surface area contributed by atoms with E-state index < -0.39 is 0 Å². The molecule has 0 aliphatic rings. The average molecular weight is 314 g/mol. The molecule has 1 rings (SSSR count). The Balaban J connectivity index is 2.70. The number of rotatable bonds is 10. The number of aryl methyl sites for hydroxylation is 1. The first-order valence-electron chi connectivity index (χ1n) is 7.95. The molecule has 0 saturated heterocycles. The predicted octanol–water partition coefficient (Wildman–Crippen LogP) is 4.59. The molecular weight excluding hydrogens is 286 g/mol. The second-order valence-corrected chi connectivity index (χ2v) is 5.60. The molecule has 0 radical (unpaired) electrons. The van der Waals surface area contributed by atoms with E-state index in [4.69, 9.17) is 26.8 Å². The molecule has 0 bridgehead atoms. The molecule has 21 heavy (non-hydrogen) atoms. The molecule has 3 nitrogen and oxygen atoms in total. The molecule has 1 unspecified atom stereocenters. The molecule has 4 heteroatoms. The summed E-state index contributed by atoms with van der Waals surface area (Å²) >= 11 is 6.35. The third kappa shape index (κ3) is 6.15. The Labute approximate surface area is 133 Å². The fraction of sp³-hybridized carbons (Fsp3) is 0.647. The van der Waals surface area contributed by atoms with Crippen molar-refractivity contribution in [3.63, 3.8) is 0 Å². The van der Waals surface area contributed by atoms with E-state index in [-0.39, 0.29) is 0 Å². The van der Waals surface area contributed by atoms with Gasteiger partial charge in [0.1, 0.15) is 0 Å². The van der Waals surface area contributed by atoms with Gasteiger partial charge in [-0.3, -0.25) is 0 Å². The first kappa shape index (κ1) is 18.1. The molecule has 120 valence electrons. The van der Waals surface area contributed by atoms with Crippen LogP contribution in [-0.2, 0) is 6.42 Å². The maximum atomic E-state index is 6.35. The lowest BCUT2D eigenvalue weighted by molar-refractivity contribution is 0.287. The number of ether oxygens (including phenoxy) is 2. The number of halogens is 1. The minimum absolute atomic E-state index is 0.294. The molecule has 1 atom stereocenters. The van der Waals surface area contributed by atoms with Crippen molar-refractivity contribution in [3.05, 3.63) is 22.7 Å². The SMILES string of the molecule is CCCC(N)CCCc1cc(OCC)c(OCC)cc1Cl. The summed E-state index contributed by atoms with van der Waals surface area (Å²) in [5.41, 5.74) is 7.15. The van der Waals surface area contributed by atoms with Crippen LogP contribution in [0.2, 0.25) is 5.02 Å². The van der Waals surface area contributed by atoms with Crippen LogP contribution >= 0.6 is 11.6 Å². The van der Waals surface area contributed by atoms with Crippen LogP contribution in [0.1, 0.15) is 52.0 Å². The smallest absolute Gasteiger partial charge is 0.162 e. The van der Waals surface area contributed by atoms with E-state index >= 15 is 0 Å². The van der Waals surface area contributed by atoms with Crippen LogP contribution in [0.25, 0.3) is 0 Å². The minimum atomic E-state index is 0.294. The first-order valence-corrected chi connectivity index (χ1v) is 8.33. The quantitative estimate of drug-likeness (QED) is 0.687. The number of nitrogens with two attached hydrogens (primary N) is 1. The topological polar surface area (TPSA) is 44.5 Å². The molecular formula is C17H28ClNO2. The second-order valence-electron chi connectivity index (χ2n) is 5.20. The van der Waals surface area contributed by atoms with E-state index in [0.29, 0.717) is 19.3 Å². The average Bonchev–Trinajstić information content (AvgIpc) is 2.44. The van der Waals surface area contributed by atoms with Gasteiger partial charge in [-0.25, -0.2) is 0 Å². The minimum Gasteiger partial charge on any atom is -0.490 e. The van der Waals surface area contributed by atoms with Crippen molar-refractivity contribution in [2.45, 2.75) is 58.9 Å². The molecule has 0 amide bonds. The highest BCUT2D eigenvalue weighted by Gasteiger charge is 2.11. The maximum absolute atomic E-state index is 6.35. The molecule has 0 heterocycles.